The fourth-order valence-corrected chi connectivity index (χ4v) is 4.72. The van der Waals surface area contributed by atoms with E-state index in [1.807, 2.05) is 11.3 Å². The van der Waals surface area contributed by atoms with Crippen molar-refractivity contribution < 1.29 is 4.79 Å². The van der Waals surface area contributed by atoms with Gasteiger partial charge in [0.25, 0.3) is 0 Å². The number of nitriles is 1. The number of carbonyl (C=O) groups is 1. The molecule has 3 nitrogen and oxygen atoms in total. The monoisotopic (exact) mass is 308 g/mol. The number of nitrogens with one attached hydrogen (secondary N) is 1. The fraction of sp³-hybridized carbons (Fsp3) is 0.600. The van der Waals surface area contributed by atoms with Crippen LogP contribution < -0.4 is 5.32 Å². The van der Waals surface area contributed by atoms with Crippen molar-refractivity contribution in [1.82, 2.24) is 5.32 Å². The van der Waals surface area contributed by atoms with E-state index >= 15 is 0 Å². The van der Waals surface area contributed by atoms with Gasteiger partial charge in [0.15, 0.2) is 0 Å². The lowest BCUT2D eigenvalue weighted by atomic mass is 10.0. The molecule has 108 valence electrons. The van der Waals surface area contributed by atoms with Crippen LogP contribution in [-0.2, 0) is 11.2 Å². The van der Waals surface area contributed by atoms with Gasteiger partial charge in [-0.25, -0.2) is 0 Å². The lowest BCUT2D eigenvalue weighted by Crippen LogP contribution is -2.47. The van der Waals surface area contributed by atoms with Crippen molar-refractivity contribution >= 4 is 29.0 Å². The normalized spacial score (nSPS) is 21.6. The highest BCUT2D eigenvalue weighted by atomic mass is 32.2. The van der Waals surface area contributed by atoms with Crippen molar-refractivity contribution in [2.45, 2.75) is 45.1 Å². The molecule has 1 atom stereocenters. The van der Waals surface area contributed by atoms with Crippen LogP contribution in [0.3, 0.4) is 0 Å². The smallest absolute Gasteiger partial charge is 0.221 e. The first-order valence-corrected chi connectivity index (χ1v) is 8.88. The number of hydrogen-bond acceptors (Lipinski definition) is 4. The third kappa shape index (κ3) is 3.77. The van der Waals surface area contributed by atoms with E-state index in [0.717, 1.165) is 30.8 Å². The summed E-state index contributed by atoms with van der Waals surface area (Å²) in [6.07, 6.45) is 3.06. The molecule has 1 aromatic heterocycles. The maximum atomic E-state index is 12.0. The molecule has 0 radical (unpaired) electrons. The van der Waals surface area contributed by atoms with Crippen molar-refractivity contribution in [2.24, 2.45) is 0 Å². The van der Waals surface area contributed by atoms with Crippen molar-refractivity contribution in [1.29, 1.82) is 5.26 Å². The second-order valence-electron chi connectivity index (χ2n) is 5.34. The molecule has 1 amide bonds. The Morgan fingerprint density at radius 1 is 1.55 bits per heavy atom. The minimum absolute atomic E-state index is 0.0126. The quantitative estimate of drug-likeness (QED) is 0.909. The highest BCUT2D eigenvalue weighted by molar-refractivity contribution is 7.99. The summed E-state index contributed by atoms with van der Waals surface area (Å²) >= 11 is 3.55. The second-order valence-corrected chi connectivity index (χ2v) is 7.90. The summed E-state index contributed by atoms with van der Waals surface area (Å²) in [6.45, 7) is 4.25. The third-order valence-electron chi connectivity index (χ3n) is 3.61. The third-order valence-corrected chi connectivity index (χ3v) is 5.81. The van der Waals surface area contributed by atoms with Crippen molar-refractivity contribution in [3.05, 3.63) is 21.4 Å². The predicted octanol–water partition coefficient (Wildman–Crippen LogP) is 3.20. The molecule has 20 heavy (non-hydrogen) atoms. The van der Waals surface area contributed by atoms with Gasteiger partial charge in [-0.3, -0.25) is 4.79 Å². The summed E-state index contributed by atoms with van der Waals surface area (Å²) in [6, 6.07) is 4.49. The first kappa shape index (κ1) is 15.4. The van der Waals surface area contributed by atoms with Gasteiger partial charge in [-0.15, -0.1) is 11.3 Å². The number of thiophene rings is 1. The van der Waals surface area contributed by atoms with Crippen LogP contribution in [0.5, 0.6) is 0 Å². The molecule has 5 heteroatoms. The van der Waals surface area contributed by atoms with E-state index in [9.17, 15) is 10.1 Å². The van der Waals surface area contributed by atoms with Crippen LogP contribution in [-0.4, -0.2) is 23.0 Å². The molecular weight excluding hydrogens is 288 g/mol. The summed E-state index contributed by atoms with van der Waals surface area (Å²) in [4.78, 5) is 14.7. The zero-order valence-corrected chi connectivity index (χ0v) is 13.6. The topological polar surface area (TPSA) is 52.9 Å². The van der Waals surface area contributed by atoms with Crippen LogP contribution in [0.25, 0.3) is 0 Å². The molecule has 1 aliphatic heterocycles. The van der Waals surface area contributed by atoms with Crippen LogP contribution in [0.2, 0.25) is 0 Å². The van der Waals surface area contributed by atoms with Gasteiger partial charge < -0.3 is 5.32 Å². The number of amides is 1. The largest absolute Gasteiger partial charge is 0.337 e. The first-order valence-electron chi connectivity index (χ1n) is 6.90. The van der Waals surface area contributed by atoms with E-state index < -0.39 is 5.54 Å². The van der Waals surface area contributed by atoms with Crippen molar-refractivity contribution in [2.75, 3.05) is 11.5 Å². The van der Waals surface area contributed by atoms with Crippen molar-refractivity contribution in [3.63, 3.8) is 0 Å². The average Bonchev–Trinajstić information content (AvgIpc) is 2.98. The van der Waals surface area contributed by atoms with Gasteiger partial charge in [0.05, 0.1) is 6.07 Å². The summed E-state index contributed by atoms with van der Waals surface area (Å²) in [5.74, 6) is 1.69. The molecule has 2 heterocycles. The maximum absolute atomic E-state index is 12.0. The van der Waals surface area contributed by atoms with Crippen LogP contribution in [0, 0.1) is 25.2 Å². The number of thioether (sulfide) groups is 1. The molecule has 0 aliphatic carbocycles. The Hall–Kier alpha value is -0.990. The molecule has 1 saturated heterocycles. The van der Waals surface area contributed by atoms with E-state index in [4.69, 9.17) is 0 Å². The van der Waals surface area contributed by atoms with Gasteiger partial charge in [0, 0.05) is 21.9 Å². The van der Waals surface area contributed by atoms with E-state index in [2.05, 4.69) is 31.3 Å². The van der Waals surface area contributed by atoms with Crippen LogP contribution in [0.15, 0.2) is 6.07 Å². The number of rotatable bonds is 5. The van der Waals surface area contributed by atoms with Crippen LogP contribution in [0.1, 0.15) is 34.6 Å². The molecule has 2 rings (SSSR count). The Bertz CT molecular complexity index is 524. The second kappa shape index (κ2) is 6.64. The lowest BCUT2D eigenvalue weighted by molar-refractivity contribution is -0.122. The first-order chi connectivity index (χ1) is 9.54. The Morgan fingerprint density at radius 3 is 2.90 bits per heavy atom. The van der Waals surface area contributed by atoms with Gasteiger partial charge >= 0.3 is 0 Å². The zero-order valence-electron chi connectivity index (χ0n) is 12.0. The molecule has 0 bridgehead atoms. The fourth-order valence-electron chi connectivity index (χ4n) is 2.48. The molecule has 1 unspecified atom stereocenters. The molecular formula is C15H20N2OS2. The highest BCUT2D eigenvalue weighted by Crippen LogP contribution is 2.27. The number of nitrogens with zero attached hydrogens (tertiary/aromatic N) is 1. The minimum Gasteiger partial charge on any atom is -0.337 e. The standard InChI is InChI=1S/C15H20N2OS2/c1-11-8-13(12(2)20-11)4-3-5-14(18)17-15(9-16)6-7-19-10-15/h8H,3-7,10H2,1-2H3,(H,17,18). The van der Waals surface area contributed by atoms with E-state index in [1.54, 1.807) is 11.8 Å². The number of hydrogen-bond donors (Lipinski definition) is 1. The molecule has 1 aliphatic rings. The maximum Gasteiger partial charge on any atom is 0.221 e. The SMILES string of the molecule is Cc1cc(CCCC(=O)NC2(C#N)CCSC2)c(C)s1. The molecule has 0 aromatic carbocycles. The van der Waals surface area contributed by atoms with E-state index in [0.29, 0.717) is 6.42 Å². The van der Waals surface area contributed by atoms with Gasteiger partial charge in [0.1, 0.15) is 5.54 Å². The van der Waals surface area contributed by atoms with Gasteiger partial charge in [-0.05, 0) is 50.5 Å². The van der Waals surface area contributed by atoms with E-state index in [1.165, 1.54) is 15.3 Å². The van der Waals surface area contributed by atoms with Crippen molar-refractivity contribution in [3.8, 4) is 6.07 Å². The summed E-state index contributed by atoms with van der Waals surface area (Å²) in [7, 11) is 0. The Kier molecular flexibility index (Phi) is 5.11. The number of aryl methyl sites for hydroxylation is 3. The Morgan fingerprint density at radius 2 is 2.35 bits per heavy atom. The van der Waals surface area contributed by atoms with Crippen LogP contribution >= 0.6 is 23.1 Å². The average molecular weight is 308 g/mol. The minimum atomic E-state index is -0.614. The van der Waals surface area contributed by atoms with E-state index in [-0.39, 0.29) is 5.91 Å². The van der Waals surface area contributed by atoms with Gasteiger partial charge in [-0.1, -0.05) is 0 Å². The van der Waals surface area contributed by atoms with Gasteiger partial charge in [0.2, 0.25) is 5.91 Å². The number of carbonyl (C=O) groups excluding carboxylic acids is 1. The molecule has 0 spiro atoms. The molecule has 1 fully saturated rings. The molecule has 1 N–H and O–H groups in total. The Balaban J connectivity index is 1.78. The Labute approximate surface area is 128 Å². The zero-order chi connectivity index (χ0) is 14.6. The summed E-state index contributed by atoms with van der Waals surface area (Å²) < 4.78 is 0. The van der Waals surface area contributed by atoms with Gasteiger partial charge in [-0.2, -0.15) is 17.0 Å². The lowest BCUT2D eigenvalue weighted by Gasteiger charge is -2.21. The molecule has 0 saturated carbocycles. The predicted molar refractivity (Wildman–Crippen MR) is 85.2 cm³/mol. The summed E-state index contributed by atoms with van der Waals surface area (Å²) in [5.41, 5.74) is 0.739. The highest BCUT2D eigenvalue weighted by Gasteiger charge is 2.35. The summed E-state index contributed by atoms with van der Waals surface area (Å²) in [5, 5.41) is 12.2. The van der Waals surface area contributed by atoms with Crippen LogP contribution in [0.4, 0.5) is 0 Å². The molecule has 1 aromatic rings.